The third-order valence-electron chi connectivity index (χ3n) is 4.96. The van der Waals surface area contributed by atoms with E-state index >= 15 is 0 Å². The number of nitrogens with one attached hydrogen (secondary N) is 1. The summed E-state index contributed by atoms with van der Waals surface area (Å²) >= 11 is 0. The molecule has 1 fully saturated rings. The van der Waals surface area contributed by atoms with Gasteiger partial charge in [0, 0.05) is 19.6 Å². The summed E-state index contributed by atoms with van der Waals surface area (Å²) < 4.78 is 0. The number of nitrogens with zero attached hydrogens (tertiary/aromatic N) is 2. The number of hydrogen-bond donors (Lipinski definition) is 4. The number of likely N-dealkylation sites (tertiary alicyclic amines) is 1. The van der Waals surface area contributed by atoms with Crippen LogP contribution >= 0.6 is 0 Å². The van der Waals surface area contributed by atoms with Crippen LogP contribution in [0.1, 0.15) is 12.0 Å². The van der Waals surface area contributed by atoms with Crippen LogP contribution in [0.25, 0.3) is 11.1 Å². The summed E-state index contributed by atoms with van der Waals surface area (Å²) in [5.41, 5.74) is 3.71. The van der Waals surface area contributed by atoms with E-state index in [0.717, 1.165) is 13.1 Å². The average molecular weight is 460 g/mol. The smallest absolute Gasteiger partial charge is 0.290 e. The molecule has 1 aliphatic rings. The number of carbonyl (C=O) groups excluding carboxylic acids is 1. The first kappa shape index (κ1) is 27.8. The van der Waals surface area contributed by atoms with Crippen LogP contribution < -0.4 is 5.32 Å². The van der Waals surface area contributed by atoms with Crippen molar-refractivity contribution in [2.75, 3.05) is 33.7 Å². The second-order valence-electron chi connectivity index (χ2n) is 7.74. The van der Waals surface area contributed by atoms with Crippen LogP contribution in [-0.4, -0.2) is 89.8 Å². The Kier molecular flexibility index (Phi) is 13.1. The van der Waals surface area contributed by atoms with Gasteiger partial charge in [0.25, 0.3) is 12.9 Å². The highest BCUT2D eigenvalue weighted by Gasteiger charge is 2.29. The molecule has 2 aromatic carbocycles. The molecule has 0 saturated carbocycles. The third-order valence-corrected chi connectivity index (χ3v) is 4.96. The second kappa shape index (κ2) is 15.5. The molecule has 4 N–H and O–H groups in total. The molecule has 1 aliphatic heterocycles. The minimum atomic E-state index is -0.489. The first-order valence-corrected chi connectivity index (χ1v) is 10.5. The number of aliphatic hydroxyl groups is 1. The number of likely N-dealkylation sites (N-methyl/N-ethyl adjacent to an activating group) is 1. The van der Waals surface area contributed by atoms with Gasteiger partial charge in [-0.15, -0.1) is 0 Å². The fourth-order valence-electron chi connectivity index (χ4n) is 3.63. The molecule has 9 nitrogen and oxygen atoms in total. The molecule has 9 heteroatoms. The topological polar surface area (TPSA) is 130 Å². The zero-order valence-corrected chi connectivity index (χ0v) is 19.0. The highest BCUT2D eigenvalue weighted by atomic mass is 16.3. The van der Waals surface area contributed by atoms with Gasteiger partial charge in [0.15, 0.2) is 0 Å². The molecule has 0 aromatic heterocycles. The van der Waals surface area contributed by atoms with E-state index in [1.807, 2.05) is 25.1 Å². The number of piperidine rings is 1. The Labute approximate surface area is 194 Å². The molecule has 0 aliphatic carbocycles. The number of benzene rings is 2. The van der Waals surface area contributed by atoms with Gasteiger partial charge in [-0.2, -0.15) is 0 Å². The molecule has 2 aromatic rings. The van der Waals surface area contributed by atoms with Crippen LogP contribution in [0.5, 0.6) is 0 Å². The van der Waals surface area contributed by atoms with Crippen LogP contribution in [0.2, 0.25) is 0 Å². The summed E-state index contributed by atoms with van der Waals surface area (Å²) in [4.78, 5) is 33.0. The quantitative estimate of drug-likeness (QED) is 0.477. The van der Waals surface area contributed by atoms with Crippen molar-refractivity contribution in [2.24, 2.45) is 0 Å². The van der Waals surface area contributed by atoms with Gasteiger partial charge in [-0.05, 0) is 37.2 Å². The van der Waals surface area contributed by atoms with E-state index in [1.54, 1.807) is 0 Å². The summed E-state index contributed by atoms with van der Waals surface area (Å²) in [5, 5.41) is 27.1. The Morgan fingerprint density at radius 2 is 1.64 bits per heavy atom. The predicted molar refractivity (Wildman–Crippen MR) is 126 cm³/mol. The van der Waals surface area contributed by atoms with Crippen molar-refractivity contribution in [1.82, 2.24) is 15.1 Å². The maximum atomic E-state index is 12.1. The van der Waals surface area contributed by atoms with E-state index < -0.39 is 6.10 Å². The van der Waals surface area contributed by atoms with Crippen LogP contribution in [0.3, 0.4) is 0 Å². The van der Waals surface area contributed by atoms with Crippen LogP contribution in [0.15, 0.2) is 54.6 Å². The molecular weight excluding hydrogens is 426 g/mol. The maximum absolute atomic E-state index is 12.1. The van der Waals surface area contributed by atoms with Gasteiger partial charge < -0.3 is 25.5 Å². The lowest BCUT2D eigenvalue weighted by atomic mass is 9.97. The number of amides is 1. The van der Waals surface area contributed by atoms with E-state index in [9.17, 15) is 9.90 Å². The van der Waals surface area contributed by atoms with E-state index in [0.29, 0.717) is 19.5 Å². The molecule has 1 saturated heterocycles. The molecule has 0 unspecified atom stereocenters. The van der Waals surface area contributed by atoms with Crippen molar-refractivity contribution in [2.45, 2.75) is 25.1 Å². The number of hydrogen-bond acceptors (Lipinski definition) is 6. The van der Waals surface area contributed by atoms with Gasteiger partial charge in [-0.1, -0.05) is 54.6 Å². The molecule has 0 radical (unpaired) electrons. The van der Waals surface area contributed by atoms with E-state index in [2.05, 4.69) is 58.7 Å². The minimum absolute atomic E-state index is 0.0458. The first-order chi connectivity index (χ1) is 15.9. The standard InChI is InChI=1S/C22H29N3O2.2CH2O2/c1-24(2)16-22(27)23-20-15-25(13-12-21(20)26)14-18-10-6-7-11-19(18)17-8-4-3-5-9-17;2*2-1-3/h3-11,20-21,26H,12-16H2,1-2H3,(H,23,27);2*1H,(H,2,3)/t20-,21+;;/m1../s1. The van der Waals surface area contributed by atoms with E-state index in [4.69, 9.17) is 19.8 Å². The van der Waals surface area contributed by atoms with E-state index in [-0.39, 0.29) is 24.9 Å². The Bertz CT molecular complexity index is 841. The summed E-state index contributed by atoms with van der Waals surface area (Å²) in [5.74, 6) is -0.0458. The lowest BCUT2D eigenvalue weighted by molar-refractivity contribution is -0.124. The summed E-state index contributed by atoms with van der Waals surface area (Å²) in [6.45, 7) is 2.12. The van der Waals surface area contributed by atoms with Crippen molar-refractivity contribution in [3.8, 4) is 11.1 Å². The van der Waals surface area contributed by atoms with Gasteiger partial charge in [-0.3, -0.25) is 19.3 Å². The van der Waals surface area contributed by atoms with Gasteiger partial charge in [0.1, 0.15) is 0 Å². The van der Waals surface area contributed by atoms with Gasteiger partial charge in [0.2, 0.25) is 5.91 Å². The SMILES string of the molecule is CN(C)CC(=O)N[C@@H]1CN(Cc2ccccc2-c2ccccc2)CC[C@@H]1O.O=CO.O=CO. The third kappa shape index (κ3) is 10.3. The molecule has 1 heterocycles. The Morgan fingerprint density at radius 3 is 2.24 bits per heavy atom. The van der Waals surface area contributed by atoms with Crippen molar-refractivity contribution in [1.29, 1.82) is 0 Å². The number of carbonyl (C=O) groups is 3. The van der Waals surface area contributed by atoms with Gasteiger partial charge in [0.05, 0.1) is 18.7 Å². The molecule has 3 rings (SSSR count). The molecule has 33 heavy (non-hydrogen) atoms. The largest absolute Gasteiger partial charge is 0.483 e. The van der Waals surface area contributed by atoms with Crippen molar-refractivity contribution >= 4 is 18.9 Å². The molecule has 1 amide bonds. The number of aliphatic hydroxyl groups excluding tert-OH is 1. The molecular formula is C24H33N3O6. The first-order valence-electron chi connectivity index (χ1n) is 10.5. The highest BCUT2D eigenvalue weighted by Crippen LogP contribution is 2.25. The number of rotatable bonds is 6. The average Bonchev–Trinajstić information content (AvgIpc) is 2.78. The molecule has 0 spiro atoms. The van der Waals surface area contributed by atoms with Crippen LogP contribution in [-0.2, 0) is 20.9 Å². The van der Waals surface area contributed by atoms with Crippen molar-refractivity contribution < 1.29 is 29.7 Å². The fourth-order valence-corrected chi connectivity index (χ4v) is 3.63. The maximum Gasteiger partial charge on any atom is 0.290 e. The highest BCUT2D eigenvalue weighted by molar-refractivity contribution is 5.78. The molecule has 2 atom stereocenters. The molecule has 0 bridgehead atoms. The lowest BCUT2D eigenvalue weighted by Gasteiger charge is -2.37. The second-order valence-corrected chi connectivity index (χ2v) is 7.74. The fraction of sp³-hybridized carbons (Fsp3) is 0.375. The summed E-state index contributed by atoms with van der Waals surface area (Å²) in [6.07, 6.45) is 0.178. The Morgan fingerprint density at radius 1 is 1.06 bits per heavy atom. The zero-order valence-electron chi connectivity index (χ0n) is 19.0. The lowest BCUT2D eigenvalue weighted by Crippen LogP contribution is -2.56. The van der Waals surface area contributed by atoms with Gasteiger partial charge in [-0.25, -0.2) is 0 Å². The molecule has 180 valence electrons. The Balaban J connectivity index is 0.000000819. The Hall–Kier alpha value is -3.27. The van der Waals surface area contributed by atoms with Crippen LogP contribution in [0.4, 0.5) is 0 Å². The van der Waals surface area contributed by atoms with E-state index in [1.165, 1.54) is 16.7 Å². The summed E-state index contributed by atoms with van der Waals surface area (Å²) in [6, 6.07) is 18.6. The predicted octanol–water partition coefficient (Wildman–Crippen LogP) is 1.37. The minimum Gasteiger partial charge on any atom is -0.483 e. The monoisotopic (exact) mass is 459 g/mol. The zero-order chi connectivity index (χ0) is 24.6. The van der Waals surface area contributed by atoms with Crippen molar-refractivity contribution in [3.63, 3.8) is 0 Å². The van der Waals surface area contributed by atoms with Crippen molar-refractivity contribution in [3.05, 3.63) is 60.2 Å². The van der Waals surface area contributed by atoms with Crippen LogP contribution in [0, 0.1) is 0 Å². The normalized spacial score (nSPS) is 17.6. The summed E-state index contributed by atoms with van der Waals surface area (Å²) in [7, 11) is 3.73. The van der Waals surface area contributed by atoms with Gasteiger partial charge >= 0.3 is 0 Å². The number of carboxylic acid groups (broad SMARTS) is 2.